The lowest BCUT2D eigenvalue weighted by molar-refractivity contribution is 0.0850. The van der Waals surface area contributed by atoms with Crippen LogP contribution in [0.3, 0.4) is 0 Å². The van der Waals surface area contributed by atoms with Crippen LogP contribution in [0.1, 0.15) is 23.1 Å². The first kappa shape index (κ1) is 16.8. The van der Waals surface area contributed by atoms with Crippen molar-refractivity contribution in [2.75, 3.05) is 13.2 Å². The summed E-state index contributed by atoms with van der Waals surface area (Å²) in [5.41, 5.74) is 2.39. The van der Waals surface area contributed by atoms with Crippen molar-refractivity contribution in [2.45, 2.75) is 25.7 Å². The fourth-order valence-electron chi connectivity index (χ4n) is 3.58. The van der Waals surface area contributed by atoms with Gasteiger partial charge in [0.15, 0.2) is 11.9 Å². The van der Waals surface area contributed by atoms with Crippen LogP contribution in [0.5, 0.6) is 11.6 Å². The maximum absolute atomic E-state index is 5.99. The Balaban J connectivity index is 1.25. The minimum absolute atomic E-state index is 0.124. The molecule has 0 fully saturated rings. The van der Waals surface area contributed by atoms with Gasteiger partial charge in [0.1, 0.15) is 17.0 Å². The van der Waals surface area contributed by atoms with E-state index in [0.29, 0.717) is 18.2 Å². The molecule has 0 spiro atoms. The molecule has 1 atom stereocenters. The molecule has 0 amide bonds. The van der Waals surface area contributed by atoms with Gasteiger partial charge in [0.05, 0.1) is 12.7 Å². The zero-order valence-electron chi connectivity index (χ0n) is 14.7. The van der Waals surface area contributed by atoms with Crippen LogP contribution in [0.15, 0.2) is 53.4 Å². The van der Waals surface area contributed by atoms with E-state index in [0.717, 1.165) is 42.2 Å². The van der Waals surface area contributed by atoms with E-state index in [-0.39, 0.29) is 6.10 Å². The Morgan fingerprint density at radius 2 is 2.00 bits per heavy atom. The van der Waals surface area contributed by atoms with Gasteiger partial charge in [-0.15, -0.1) is 0 Å². The number of halogens is 1. The van der Waals surface area contributed by atoms with E-state index in [1.807, 2.05) is 18.3 Å². The predicted octanol–water partition coefficient (Wildman–Crippen LogP) is 3.57. The Morgan fingerprint density at radius 3 is 2.89 bits per heavy atom. The van der Waals surface area contributed by atoms with Crippen molar-refractivity contribution in [1.29, 1.82) is 0 Å². The smallest absolute Gasteiger partial charge is 0.257 e. The molecule has 4 heterocycles. The van der Waals surface area contributed by atoms with E-state index < -0.39 is 0 Å². The number of nitrogens with zero attached hydrogens (tertiary/aromatic N) is 4. The minimum Gasteiger partial charge on any atom is -0.484 e. The van der Waals surface area contributed by atoms with Crippen molar-refractivity contribution < 1.29 is 9.47 Å². The maximum Gasteiger partial charge on any atom is 0.257 e. The first-order valence-corrected chi connectivity index (χ1v) is 9.81. The first-order valence-electron chi connectivity index (χ1n) is 9.02. The molecule has 0 saturated carbocycles. The molecule has 0 bridgehead atoms. The second-order valence-corrected chi connectivity index (χ2v) is 7.64. The highest BCUT2D eigenvalue weighted by Crippen LogP contribution is 2.34. The fourth-order valence-corrected chi connectivity index (χ4v) is 4.06. The number of pyridine rings is 1. The monoisotopic (exact) mass is 426 g/mol. The van der Waals surface area contributed by atoms with Crippen molar-refractivity contribution in [3.8, 4) is 11.6 Å². The Morgan fingerprint density at radius 1 is 1.11 bits per heavy atom. The number of benzene rings is 1. The Hall–Kier alpha value is -2.38. The van der Waals surface area contributed by atoms with Gasteiger partial charge in [-0.1, -0.05) is 24.3 Å². The average Bonchev–Trinajstić information content (AvgIpc) is 3.08. The quantitative estimate of drug-likeness (QED) is 0.640. The lowest BCUT2D eigenvalue weighted by atomic mass is 10.1. The van der Waals surface area contributed by atoms with Gasteiger partial charge >= 0.3 is 0 Å². The van der Waals surface area contributed by atoms with Crippen LogP contribution in [0, 0.1) is 0 Å². The molecule has 0 N–H and O–H groups in total. The lowest BCUT2D eigenvalue weighted by Gasteiger charge is -2.28. The van der Waals surface area contributed by atoms with E-state index in [9.17, 15) is 0 Å². The summed E-state index contributed by atoms with van der Waals surface area (Å²) in [4.78, 5) is 11.1. The van der Waals surface area contributed by atoms with Crippen LogP contribution in [-0.2, 0) is 19.6 Å². The summed E-state index contributed by atoms with van der Waals surface area (Å²) in [5.74, 6) is 2.39. The molecule has 0 saturated heterocycles. The number of hydrogen-bond donors (Lipinski definition) is 0. The molecule has 2 aliphatic heterocycles. The summed E-state index contributed by atoms with van der Waals surface area (Å²) in [6, 6.07) is 12.3. The topological polar surface area (TPSA) is 52.4 Å². The largest absolute Gasteiger partial charge is 0.484 e. The molecule has 2 aromatic heterocycles. The van der Waals surface area contributed by atoms with Crippen molar-refractivity contribution >= 4 is 15.9 Å². The number of rotatable bonds is 3. The van der Waals surface area contributed by atoms with E-state index in [4.69, 9.17) is 9.47 Å². The van der Waals surface area contributed by atoms with Crippen LogP contribution in [0.4, 0.5) is 0 Å². The highest BCUT2D eigenvalue weighted by Gasteiger charge is 2.23. The van der Waals surface area contributed by atoms with Gasteiger partial charge in [-0.25, -0.2) is 9.97 Å². The van der Waals surface area contributed by atoms with Gasteiger partial charge in [0, 0.05) is 25.8 Å². The highest BCUT2D eigenvalue weighted by atomic mass is 79.9. The third-order valence-corrected chi connectivity index (χ3v) is 5.67. The van der Waals surface area contributed by atoms with Gasteiger partial charge in [-0.2, -0.15) is 0 Å². The Labute approximate surface area is 165 Å². The van der Waals surface area contributed by atoms with Gasteiger partial charge in [-0.05, 0) is 39.2 Å². The van der Waals surface area contributed by atoms with Crippen molar-refractivity contribution in [3.63, 3.8) is 0 Å². The molecule has 7 heteroatoms. The highest BCUT2D eigenvalue weighted by molar-refractivity contribution is 9.10. The van der Waals surface area contributed by atoms with Crippen molar-refractivity contribution in [3.05, 3.63) is 70.3 Å². The summed E-state index contributed by atoms with van der Waals surface area (Å²) < 4.78 is 15.0. The zero-order chi connectivity index (χ0) is 18.2. The van der Waals surface area contributed by atoms with E-state index >= 15 is 0 Å². The van der Waals surface area contributed by atoms with Crippen LogP contribution >= 0.6 is 15.9 Å². The molecule has 138 valence electrons. The van der Waals surface area contributed by atoms with Gasteiger partial charge in [0.2, 0.25) is 0 Å². The van der Waals surface area contributed by atoms with Crippen LogP contribution in [-0.4, -0.2) is 32.6 Å². The molecule has 3 aromatic rings. The third-order valence-electron chi connectivity index (χ3n) is 5.03. The van der Waals surface area contributed by atoms with Gasteiger partial charge in [-0.3, -0.25) is 4.90 Å². The summed E-state index contributed by atoms with van der Waals surface area (Å²) in [6.45, 7) is 4.27. The van der Waals surface area contributed by atoms with Crippen LogP contribution < -0.4 is 9.47 Å². The number of hydrogen-bond acceptors (Lipinski definition) is 5. The number of aromatic nitrogens is 3. The molecule has 0 radical (unpaired) electrons. The normalized spacial score (nSPS) is 18.9. The minimum atomic E-state index is -0.124. The second-order valence-electron chi connectivity index (χ2n) is 6.83. The second kappa shape index (κ2) is 6.98. The summed E-state index contributed by atoms with van der Waals surface area (Å²) in [6.07, 6.45) is 3.48. The predicted molar refractivity (Wildman–Crippen MR) is 104 cm³/mol. The molecule has 0 aliphatic carbocycles. The average molecular weight is 427 g/mol. The number of imidazole rings is 1. The summed E-state index contributed by atoms with van der Waals surface area (Å²) in [7, 11) is 0. The molecule has 27 heavy (non-hydrogen) atoms. The van der Waals surface area contributed by atoms with E-state index in [1.165, 1.54) is 5.56 Å². The molecule has 1 aromatic carbocycles. The fraction of sp³-hybridized carbons (Fsp3) is 0.300. The molecular formula is C20H19BrN4O2. The van der Waals surface area contributed by atoms with Gasteiger partial charge in [0.25, 0.3) is 5.88 Å². The number of ether oxygens (including phenoxy) is 2. The standard InChI is InChI=1S/C20H19BrN4O2/c21-18-10-23-19-12-24(8-9-25(18)19)11-14-3-5-15(6-4-14)17-13-26-16-2-1-7-22-20(16)27-17/h1-7,10,17H,8-9,11-13H2. The molecule has 1 unspecified atom stereocenters. The Bertz CT molecular complexity index is 957. The van der Waals surface area contributed by atoms with Crippen LogP contribution in [0.2, 0.25) is 0 Å². The maximum atomic E-state index is 5.99. The molecule has 2 aliphatic rings. The molecular weight excluding hydrogens is 408 g/mol. The SMILES string of the molecule is Brc1cnc2n1CCN(Cc1ccc(C3COc4cccnc4O3)cc1)C2. The van der Waals surface area contributed by atoms with Crippen molar-refractivity contribution in [2.24, 2.45) is 0 Å². The summed E-state index contributed by atoms with van der Waals surface area (Å²) >= 11 is 3.55. The Kier molecular flexibility index (Phi) is 4.33. The summed E-state index contributed by atoms with van der Waals surface area (Å²) in [5, 5.41) is 0. The van der Waals surface area contributed by atoms with Gasteiger partial charge < -0.3 is 14.0 Å². The van der Waals surface area contributed by atoms with E-state index in [2.05, 4.69) is 59.6 Å². The molecule has 5 rings (SSSR count). The molecule has 6 nitrogen and oxygen atoms in total. The van der Waals surface area contributed by atoms with E-state index in [1.54, 1.807) is 6.20 Å². The van der Waals surface area contributed by atoms with Crippen molar-refractivity contribution in [1.82, 2.24) is 19.4 Å². The first-order chi connectivity index (χ1) is 13.3. The van der Waals surface area contributed by atoms with Crippen LogP contribution in [0.25, 0.3) is 0 Å². The third kappa shape index (κ3) is 3.33. The lowest BCUT2D eigenvalue weighted by Crippen LogP contribution is -2.33. The number of fused-ring (bicyclic) bond motifs is 2. The zero-order valence-corrected chi connectivity index (χ0v) is 16.3.